The number of nitrogens with one attached hydrogen (secondary N) is 2. The van der Waals surface area contributed by atoms with Gasteiger partial charge in [-0.2, -0.15) is 0 Å². The SMILES string of the molecule is C=C(NCc1ccc(OCC(C)C)cc1)N(Cc1ccc(F)cc1)C1CNCN(C(=O)OC(C)(C)C)C1. The summed E-state index contributed by atoms with van der Waals surface area (Å²) in [6.45, 7) is 17.5. The molecule has 1 heterocycles. The largest absolute Gasteiger partial charge is 0.493 e. The average molecular weight is 513 g/mol. The highest BCUT2D eigenvalue weighted by atomic mass is 19.1. The van der Waals surface area contributed by atoms with Crippen LogP contribution < -0.4 is 15.4 Å². The standard InChI is InChI=1S/C29H41FN4O3/c1-21(2)19-36-27-13-9-23(10-14-27)15-32-22(3)34(17-24-7-11-25(30)12-8-24)26-16-31-20-33(18-26)28(35)37-29(4,5)6/h7-14,21,26,31-32H,3,15-20H2,1-2,4-6H3. The summed E-state index contributed by atoms with van der Waals surface area (Å²) in [5.41, 5.74) is 1.47. The summed E-state index contributed by atoms with van der Waals surface area (Å²) in [5, 5.41) is 6.76. The van der Waals surface area contributed by atoms with Gasteiger partial charge in [0.2, 0.25) is 0 Å². The molecule has 1 aliphatic rings. The van der Waals surface area contributed by atoms with E-state index in [0.717, 1.165) is 22.7 Å². The van der Waals surface area contributed by atoms with Crippen LogP contribution in [0.3, 0.4) is 0 Å². The van der Waals surface area contributed by atoms with E-state index in [9.17, 15) is 9.18 Å². The quantitative estimate of drug-likeness (QED) is 0.462. The predicted octanol–water partition coefficient (Wildman–Crippen LogP) is 5.09. The van der Waals surface area contributed by atoms with Crippen LogP contribution in [0, 0.1) is 11.7 Å². The van der Waals surface area contributed by atoms with Gasteiger partial charge in [-0.05, 0) is 62.1 Å². The van der Waals surface area contributed by atoms with Gasteiger partial charge in [0.25, 0.3) is 0 Å². The van der Waals surface area contributed by atoms with E-state index in [-0.39, 0.29) is 18.0 Å². The highest BCUT2D eigenvalue weighted by Crippen LogP contribution is 2.19. The van der Waals surface area contributed by atoms with Gasteiger partial charge in [0.05, 0.1) is 25.1 Å². The lowest BCUT2D eigenvalue weighted by atomic mass is 10.1. The molecule has 1 unspecified atom stereocenters. The molecule has 1 saturated heterocycles. The van der Waals surface area contributed by atoms with E-state index < -0.39 is 5.60 Å². The number of halogens is 1. The maximum atomic E-state index is 13.5. The molecule has 0 radical (unpaired) electrons. The third-order valence-corrected chi connectivity index (χ3v) is 5.82. The van der Waals surface area contributed by atoms with Crippen molar-refractivity contribution >= 4 is 6.09 Å². The zero-order valence-corrected chi connectivity index (χ0v) is 22.7. The summed E-state index contributed by atoms with van der Waals surface area (Å²) in [4.78, 5) is 16.5. The highest BCUT2D eigenvalue weighted by molar-refractivity contribution is 5.68. The molecule has 8 heteroatoms. The predicted molar refractivity (Wildman–Crippen MR) is 144 cm³/mol. The monoisotopic (exact) mass is 512 g/mol. The molecule has 202 valence electrons. The molecule has 0 bridgehead atoms. The number of benzene rings is 2. The summed E-state index contributed by atoms with van der Waals surface area (Å²) >= 11 is 0. The van der Waals surface area contributed by atoms with Crippen LogP contribution in [0.2, 0.25) is 0 Å². The van der Waals surface area contributed by atoms with Crippen molar-refractivity contribution in [2.75, 3.05) is 26.4 Å². The lowest BCUT2D eigenvalue weighted by Gasteiger charge is -2.42. The van der Waals surface area contributed by atoms with Crippen molar-refractivity contribution in [3.63, 3.8) is 0 Å². The molecule has 2 N–H and O–H groups in total. The minimum absolute atomic E-state index is 0.0573. The minimum Gasteiger partial charge on any atom is -0.493 e. The zero-order valence-electron chi connectivity index (χ0n) is 22.7. The molecule has 0 aliphatic carbocycles. The molecule has 2 aromatic rings. The van der Waals surface area contributed by atoms with Crippen LogP contribution in [-0.2, 0) is 17.8 Å². The first-order valence-corrected chi connectivity index (χ1v) is 12.8. The van der Waals surface area contributed by atoms with Gasteiger partial charge >= 0.3 is 6.09 Å². The van der Waals surface area contributed by atoms with Crippen LogP contribution in [0.1, 0.15) is 45.7 Å². The molecule has 3 rings (SSSR count). The minimum atomic E-state index is -0.571. The Kier molecular flexibility index (Phi) is 9.80. The van der Waals surface area contributed by atoms with Crippen LogP contribution in [0.25, 0.3) is 0 Å². The van der Waals surface area contributed by atoms with Gasteiger partial charge < -0.3 is 19.7 Å². The average Bonchev–Trinajstić information content (AvgIpc) is 2.85. The molecule has 37 heavy (non-hydrogen) atoms. The Labute approximate surface area is 220 Å². The van der Waals surface area contributed by atoms with Crippen LogP contribution in [0.15, 0.2) is 60.9 Å². The molecule has 0 saturated carbocycles. The van der Waals surface area contributed by atoms with Gasteiger partial charge in [-0.25, -0.2) is 9.18 Å². The van der Waals surface area contributed by atoms with E-state index in [1.165, 1.54) is 12.1 Å². The van der Waals surface area contributed by atoms with E-state index in [0.29, 0.717) is 45.4 Å². The topological polar surface area (TPSA) is 66.1 Å². The smallest absolute Gasteiger partial charge is 0.411 e. The molecule has 2 aromatic carbocycles. The number of amides is 1. The van der Waals surface area contributed by atoms with Gasteiger partial charge in [0.1, 0.15) is 17.2 Å². The summed E-state index contributed by atoms with van der Waals surface area (Å²) in [6, 6.07) is 14.4. The van der Waals surface area contributed by atoms with E-state index in [1.54, 1.807) is 17.0 Å². The van der Waals surface area contributed by atoms with E-state index in [2.05, 4.69) is 36.0 Å². The first kappa shape index (κ1) is 28.3. The summed E-state index contributed by atoms with van der Waals surface area (Å²) in [7, 11) is 0. The van der Waals surface area contributed by atoms with Crippen LogP contribution in [0.4, 0.5) is 9.18 Å². The Bertz CT molecular complexity index is 1020. The van der Waals surface area contributed by atoms with E-state index in [1.807, 2.05) is 45.0 Å². The van der Waals surface area contributed by atoms with Gasteiger partial charge in [0, 0.05) is 26.2 Å². The molecule has 1 fully saturated rings. The van der Waals surface area contributed by atoms with Crippen LogP contribution in [-0.4, -0.2) is 53.9 Å². The zero-order chi connectivity index (χ0) is 27.0. The van der Waals surface area contributed by atoms with Crippen LogP contribution >= 0.6 is 0 Å². The molecule has 0 aromatic heterocycles. The summed E-state index contributed by atoms with van der Waals surface area (Å²) in [6.07, 6.45) is -0.357. The Morgan fingerprint density at radius 2 is 1.81 bits per heavy atom. The normalized spacial score (nSPS) is 15.9. The third kappa shape index (κ3) is 9.28. The number of nitrogens with zero attached hydrogens (tertiary/aromatic N) is 2. The maximum absolute atomic E-state index is 13.5. The van der Waals surface area contributed by atoms with Gasteiger partial charge in [-0.3, -0.25) is 10.2 Å². The molecular weight excluding hydrogens is 471 g/mol. The third-order valence-electron chi connectivity index (χ3n) is 5.82. The number of rotatable bonds is 10. The Hall–Kier alpha value is -3.26. The Morgan fingerprint density at radius 1 is 1.16 bits per heavy atom. The second-order valence-corrected chi connectivity index (χ2v) is 10.9. The molecule has 1 atom stereocenters. The summed E-state index contributed by atoms with van der Waals surface area (Å²) < 4.78 is 24.9. The molecule has 0 spiro atoms. The molecule has 1 amide bonds. The fraction of sp³-hybridized carbons (Fsp3) is 0.483. The number of carbonyl (C=O) groups excluding carboxylic acids is 1. The Balaban J connectivity index is 1.69. The van der Waals surface area contributed by atoms with E-state index >= 15 is 0 Å². The molecular formula is C29H41FN4O3. The maximum Gasteiger partial charge on any atom is 0.411 e. The highest BCUT2D eigenvalue weighted by Gasteiger charge is 2.31. The fourth-order valence-corrected chi connectivity index (χ4v) is 3.93. The number of hydrogen-bond donors (Lipinski definition) is 2. The first-order valence-electron chi connectivity index (χ1n) is 12.8. The number of hydrogen-bond acceptors (Lipinski definition) is 6. The molecule has 7 nitrogen and oxygen atoms in total. The van der Waals surface area contributed by atoms with Crippen molar-refractivity contribution in [2.24, 2.45) is 5.92 Å². The van der Waals surface area contributed by atoms with Crippen molar-refractivity contribution in [1.29, 1.82) is 0 Å². The Morgan fingerprint density at radius 3 is 2.43 bits per heavy atom. The van der Waals surface area contributed by atoms with Crippen molar-refractivity contribution in [2.45, 2.75) is 59.4 Å². The van der Waals surface area contributed by atoms with Crippen molar-refractivity contribution in [3.8, 4) is 5.75 Å². The second kappa shape index (κ2) is 12.8. The van der Waals surface area contributed by atoms with Gasteiger partial charge in [0.15, 0.2) is 0 Å². The van der Waals surface area contributed by atoms with Crippen molar-refractivity contribution in [1.82, 2.24) is 20.4 Å². The number of ether oxygens (including phenoxy) is 2. The molecule has 1 aliphatic heterocycles. The first-order chi connectivity index (χ1) is 17.5. The lowest BCUT2D eigenvalue weighted by molar-refractivity contribution is 0.0108. The van der Waals surface area contributed by atoms with Gasteiger partial charge in [-0.15, -0.1) is 0 Å². The second-order valence-electron chi connectivity index (χ2n) is 10.9. The van der Waals surface area contributed by atoms with Crippen LogP contribution in [0.5, 0.6) is 5.75 Å². The summed E-state index contributed by atoms with van der Waals surface area (Å²) in [5.74, 6) is 1.77. The van der Waals surface area contributed by atoms with Gasteiger partial charge in [-0.1, -0.05) is 44.7 Å². The van der Waals surface area contributed by atoms with E-state index in [4.69, 9.17) is 9.47 Å². The lowest BCUT2D eigenvalue weighted by Crippen LogP contribution is -2.58. The van der Waals surface area contributed by atoms with Crippen molar-refractivity contribution < 1.29 is 18.7 Å². The van der Waals surface area contributed by atoms with Crippen molar-refractivity contribution in [3.05, 3.63) is 77.9 Å². The number of carbonyl (C=O) groups is 1. The fourth-order valence-electron chi connectivity index (χ4n) is 3.93.